The lowest BCUT2D eigenvalue weighted by Crippen LogP contribution is -2.08. The van der Waals surface area contributed by atoms with Gasteiger partial charge < -0.3 is 0 Å². The summed E-state index contributed by atoms with van der Waals surface area (Å²) in [4.78, 5) is 9.05. The van der Waals surface area contributed by atoms with Crippen molar-refractivity contribution in [3.63, 3.8) is 0 Å². The van der Waals surface area contributed by atoms with E-state index in [-0.39, 0.29) is 0 Å². The molecule has 0 saturated carbocycles. The third kappa shape index (κ3) is 3.11. The number of nitrogens with zero attached hydrogens (tertiary/aromatic N) is 2. The Hall–Kier alpha value is -0.770. The fourth-order valence-corrected chi connectivity index (χ4v) is 3.83. The standard InChI is InChI=1S/C15H14Cl2N2S/c16-12-7-3-1-5-10(12)9-20-15-18-13-8-4-2-6-11(13)14(17)19-15/h1,3,5,7H,2,4,6,8-9H2. The lowest BCUT2D eigenvalue weighted by atomic mass is 9.98. The van der Waals surface area contributed by atoms with Crippen molar-refractivity contribution in [2.75, 3.05) is 0 Å². The van der Waals surface area contributed by atoms with E-state index in [1.807, 2.05) is 24.3 Å². The number of rotatable bonds is 3. The van der Waals surface area contributed by atoms with Crippen LogP contribution in [0.4, 0.5) is 0 Å². The highest BCUT2D eigenvalue weighted by molar-refractivity contribution is 7.98. The SMILES string of the molecule is Clc1ccccc1CSc1nc(Cl)c2c(n1)CCCC2. The largest absolute Gasteiger partial charge is 0.227 e. The van der Waals surface area contributed by atoms with Gasteiger partial charge in [0.2, 0.25) is 0 Å². The zero-order valence-electron chi connectivity index (χ0n) is 10.9. The van der Waals surface area contributed by atoms with Gasteiger partial charge in [-0.3, -0.25) is 0 Å². The van der Waals surface area contributed by atoms with E-state index in [9.17, 15) is 0 Å². The molecule has 20 heavy (non-hydrogen) atoms. The number of aryl methyl sites for hydroxylation is 1. The van der Waals surface area contributed by atoms with Crippen LogP contribution < -0.4 is 0 Å². The molecular weight excluding hydrogens is 311 g/mol. The fourth-order valence-electron chi connectivity index (χ4n) is 2.35. The third-order valence-electron chi connectivity index (χ3n) is 3.43. The van der Waals surface area contributed by atoms with Gasteiger partial charge >= 0.3 is 0 Å². The molecule has 2 nitrogen and oxygen atoms in total. The lowest BCUT2D eigenvalue weighted by Gasteiger charge is -2.16. The van der Waals surface area contributed by atoms with Crippen molar-refractivity contribution in [1.29, 1.82) is 0 Å². The minimum absolute atomic E-state index is 0.622. The van der Waals surface area contributed by atoms with E-state index in [0.29, 0.717) is 5.15 Å². The van der Waals surface area contributed by atoms with Gasteiger partial charge in [-0.2, -0.15) is 0 Å². The summed E-state index contributed by atoms with van der Waals surface area (Å²) in [5.41, 5.74) is 3.36. The van der Waals surface area contributed by atoms with Crippen LogP contribution >= 0.6 is 35.0 Å². The van der Waals surface area contributed by atoms with Gasteiger partial charge in [0.15, 0.2) is 5.16 Å². The monoisotopic (exact) mass is 324 g/mol. The lowest BCUT2D eigenvalue weighted by molar-refractivity contribution is 0.649. The van der Waals surface area contributed by atoms with Crippen molar-refractivity contribution in [2.45, 2.75) is 36.6 Å². The van der Waals surface area contributed by atoms with Crippen LogP contribution in [0.15, 0.2) is 29.4 Å². The third-order valence-corrected chi connectivity index (χ3v) is 5.00. The summed E-state index contributed by atoms with van der Waals surface area (Å²) in [5, 5.41) is 2.15. The molecule has 0 radical (unpaired) electrons. The number of fused-ring (bicyclic) bond motifs is 1. The van der Waals surface area contributed by atoms with E-state index in [1.165, 1.54) is 12.8 Å². The van der Waals surface area contributed by atoms with Crippen molar-refractivity contribution >= 4 is 35.0 Å². The summed E-state index contributed by atoms with van der Waals surface area (Å²) in [6.45, 7) is 0. The molecule has 0 saturated heterocycles. The Labute approximate surface area is 132 Å². The maximum Gasteiger partial charge on any atom is 0.189 e. The second kappa shape index (κ2) is 6.33. The average molecular weight is 325 g/mol. The summed E-state index contributed by atoms with van der Waals surface area (Å²) < 4.78 is 0. The van der Waals surface area contributed by atoms with Crippen molar-refractivity contribution < 1.29 is 0 Å². The van der Waals surface area contributed by atoms with Crippen LogP contribution in [0, 0.1) is 0 Å². The van der Waals surface area contributed by atoms with E-state index in [2.05, 4.69) is 9.97 Å². The average Bonchev–Trinajstić information content (AvgIpc) is 2.46. The van der Waals surface area contributed by atoms with Crippen molar-refractivity contribution in [2.24, 2.45) is 0 Å². The maximum atomic E-state index is 6.27. The second-order valence-corrected chi connectivity index (χ2v) is 6.52. The van der Waals surface area contributed by atoms with Gasteiger partial charge in [-0.15, -0.1) is 0 Å². The molecule has 0 N–H and O–H groups in total. The Kier molecular flexibility index (Phi) is 4.49. The minimum Gasteiger partial charge on any atom is -0.227 e. The first-order chi connectivity index (χ1) is 9.74. The summed E-state index contributed by atoms with van der Waals surface area (Å²) in [6, 6.07) is 7.85. The second-order valence-electron chi connectivity index (χ2n) is 4.81. The van der Waals surface area contributed by atoms with Crippen molar-refractivity contribution in [3.8, 4) is 0 Å². The Morgan fingerprint density at radius 2 is 1.85 bits per heavy atom. The Balaban J connectivity index is 1.78. The molecule has 5 heteroatoms. The van der Waals surface area contributed by atoms with Crippen LogP contribution in [0.2, 0.25) is 10.2 Å². The summed E-state index contributed by atoms with van der Waals surface area (Å²) in [7, 11) is 0. The normalized spacial score (nSPS) is 14.1. The highest BCUT2D eigenvalue weighted by Gasteiger charge is 2.16. The molecule has 1 aliphatic rings. The Morgan fingerprint density at radius 3 is 2.70 bits per heavy atom. The fraction of sp³-hybridized carbons (Fsp3) is 0.333. The van der Waals surface area contributed by atoms with E-state index in [0.717, 1.165) is 45.6 Å². The predicted molar refractivity (Wildman–Crippen MR) is 84.7 cm³/mol. The Bertz CT molecular complexity index is 631. The van der Waals surface area contributed by atoms with E-state index in [4.69, 9.17) is 23.2 Å². The Morgan fingerprint density at radius 1 is 1.05 bits per heavy atom. The molecule has 0 unspecified atom stereocenters. The highest BCUT2D eigenvalue weighted by atomic mass is 35.5. The van der Waals surface area contributed by atoms with Crippen LogP contribution in [0.1, 0.15) is 29.7 Å². The van der Waals surface area contributed by atoms with Gasteiger partial charge in [-0.1, -0.05) is 53.2 Å². The summed E-state index contributed by atoms with van der Waals surface area (Å²) in [6.07, 6.45) is 4.39. The molecule has 1 aliphatic carbocycles. The molecule has 1 aromatic heterocycles. The van der Waals surface area contributed by atoms with Gasteiger partial charge in [-0.25, -0.2) is 9.97 Å². The van der Waals surface area contributed by atoms with Crippen LogP contribution in [-0.2, 0) is 18.6 Å². The zero-order chi connectivity index (χ0) is 13.9. The van der Waals surface area contributed by atoms with Gasteiger partial charge in [-0.05, 0) is 37.3 Å². The van der Waals surface area contributed by atoms with Crippen LogP contribution in [-0.4, -0.2) is 9.97 Å². The first-order valence-electron chi connectivity index (χ1n) is 6.65. The molecule has 1 heterocycles. The van der Waals surface area contributed by atoms with Gasteiger partial charge in [0, 0.05) is 22.0 Å². The topological polar surface area (TPSA) is 25.8 Å². The molecule has 0 spiro atoms. The quantitative estimate of drug-likeness (QED) is 0.453. The van der Waals surface area contributed by atoms with Crippen LogP contribution in [0.25, 0.3) is 0 Å². The minimum atomic E-state index is 0.622. The molecule has 3 rings (SSSR count). The van der Waals surface area contributed by atoms with Crippen molar-refractivity contribution in [1.82, 2.24) is 9.97 Å². The zero-order valence-corrected chi connectivity index (χ0v) is 13.2. The molecule has 0 amide bonds. The smallest absolute Gasteiger partial charge is 0.189 e. The molecule has 104 valence electrons. The molecule has 0 fully saturated rings. The number of aromatic nitrogens is 2. The molecule has 0 atom stereocenters. The first-order valence-corrected chi connectivity index (χ1v) is 8.39. The van der Waals surface area contributed by atoms with Crippen LogP contribution in [0.3, 0.4) is 0 Å². The molecular formula is C15H14Cl2N2S. The van der Waals surface area contributed by atoms with Crippen LogP contribution in [0.5, 0.6) is 0 Å². The maximum absolute atomic E-state index is 6.27. The summed E-state index contributed by atoms with van der Waals surface area (Å²) >= 11 is 14.0. The molecule has 2 aromatic rings. The van der Waals surface area contributed by atoms with E-state index < -0.39 is 0 Å². The number of hydrogen-bond acceptors (Lipinski definition) is 3. The highest BCUT2D eigenvalue weighted by Crippen LogP contribution is 2.30. The van der Waals surface area contributed by atoms with E-state index in [1.54, 1.807) is 11.8 Å². The number of halogens is 2. The molecule has 1 aromatic carbocycles. The summed E-state index contributed by atoms with van der Waals surface area (Å²) in [5.74, 6) is 0.759. The number of hydrogen-bond donors (Lipinski definition) is 0. The van der Waals surface area contributed by atoms with Crippen molar-refractivity contribution in [3.05, 3.63) is 51.3 Å². The van der Waals surface area contributed by atoms with Gasteiger partial charge in [0.05, 0.1) is 0 Å². The molecule has 0 aliphatic heterocycles. The van der Waals surface area contributed by atoms with E-state index >= 15 is 0 Å². The predicted octanol–water partition coefficient (Wildman–Crippen LogP) is 4.95. The first kappa shape index (κ1) is 14.2. The van der Waals surface area contributed by atoms with Gasteiger partial charge in [0.1, 0.15) is 5.15 Å². The molecule has 0 bridgehead atoms. The van der Waals surface area contributed by atoms with Gasteiger partial charge in [0.25, 0.3) is 0 Å². The number of benzene rings is 1. The number of thioether (sulfide) groups is 1.